The van der Waals surface area contributed by atoms with E-state index < -0.39 is 0 Å². The molecule has 0 atom stereocenters. The lowest BCUT2D eigenvalue weighted by Crippen LogP contribution is -2.36. The summed E-state index contributed by atoms with van der Waals surface area (Å²) in [5, 5.41) is 5.87. The number of nitrogens with zero attached hydrogens (tertiary/aromatic N) is 2. The summed E-state index contributed by atoms with van der Waals surface area (Å²) in [6.45, 7) is 3.36. The Hall–Kier alpha value is -2.39. The zero-order valence-corrected chi connectivity index (χ0v) is 14.8. The van der Waals surface area contributed by atoms with Crippen molar-refractivity contribution in [1.29, 1.82) is 0 Å². The maximum atomic E-state index is 4.54. The molecule has 0 radical (unpaired) electrons. The van der Waals surface area contributed by atoms with Crippen molar-refractivity contribution in [2.75, 3.05) is 31.6 Å². The van der Waals surface area contributed by atoms with E-state index in [-0.39, 0.29) is 0 Å². The third-order valence-electron chi connectivity index (χ3n) is 5.30. The summed E-state index contributed by atoms with van der Waals surface area (Å²) in [7, 11) is 2.05. The van der Waals surface area contributed by atoms with Gasteiger partial charge in [-0.15, -0.1) is 0 Å². The Labute approximate surface area is 149 Å². The topological polar surface area (TPSA) is 28.2 Å². The Kier molecular flexibility index (Phi) is 4.66. The fourth-order valence-corrected chi connectivity index (χ4v) is 3.91. The second-order valence-corrected chi connectivity index (χ2v) is 6.95. The van der Waals surface area contributed by atoms with Crippen molar-refractivity contribution in [2.24, 2.45) is 5.92 Å². The second kappa shape index (κ2) is 7.24. The van der Waals surface area contributed by atoms with E-state index in [0.717, 1.165) is 25.6 Å². The molecular formula is C22H25N3. The van der Waals surface area contributed by atoms with E-state index in [2.05, 4.69) is 63.7 Å². The van der Waals surface area contributed by atoms with Gasteiger partial charge in [0, 0.05) is 24.8 Å². The zero-order valence-electron chi connectivity index (χ0n) is 14.8. The average Bonchev–Trinajstić information content (AvgIpc) is 2.68. The summed E-state index contributed by atoms with van der Waals surface area (Å²) in [5.41, 5.74) is 3.71. The first-order chi connectivity index (χ1) is 12.3. The van der Waals surface area contributed by atoms with E-state index in [1.165, 1.54) is 40.4 Å². The van der Waals surface area contributed by atoms with Crippen LogP contribution < -0.4 is 10.2 Å². The quantitative estimate of drug-likeness (QED) is 0.771. The van der Waals surface area contributed by atoms with Gasteiger partial charge in [0.2, 0.25) is 0 Å². The molecule has 1 fully saturated rings. The fraction of sp³-hybridized carbons (Fsp3) is 0.318. The van der Waals surface area contributed by atoms with Crippen molar-refractivity contribution in [3.05, 3.63) is 60.9 Å². The van der Waals surface area contributed by atoms with Crippen LogP contribution in [0.2, 0.25) is 0 Å². The molecule has 0 saturated carbocycles. The summed E-state index contributed by atoms with van der Waals surface area (Å²) in [6.07, 6.45) is 6.49. The molecule has 0 aliphatic carbocycles. The van der Waals surface area contributed by atoms with Gasteiger partial charge in [0.25, 0.3) is 0 Å². The number of rotatable bonds is 4. The highest BCUT2D eigenvalue weighted by Crippen LogP contribution is 2.31. The maximum Gasteiger partial charge on any atom is 0.0558 e. The number of hydrogen-bond donors (Lipinski definition) is 1. The number of pyridine rings is 1. The van der Waals surface area contributed by atoms with E-state index >= 15 is 0 Å². The van der Waals surface area contributed by atoms with Gasteiger partial charge in [-0.05, 0) is 54.8 Å². The van der Waals surface area contributed by atoms with E-state index in [4.69, 9.17) is 0 Å². The zero-order chi connectivity index (χ0) is 17.1. The SMILES string of the molecule is CNCC1CCN(c2cncc(-c3cccc4ccccc34)c2)CC1. The van der Waals surface area contributed by atoms with E-state index in [9.17, 15) is 0 Å². The molecule has 4 rings (SSSR count). The molecule has 3 aromatic rings. The van der Waals surface area contributed by atoms with E-state index in [0.29, 0.717) is 0 Å². The number of anilines is 1. The Morgan fingerprint density at radius 1 is 1.04 bits per heavy atom. The molecule has 1 aromatic heterocycles. The molecule has 1 N–H and O–H groups in total. The van der Waals surface area contributed by atoms with Crippen LogP contribution in [0.15, 0.2) is 60.9 Å². The number of benzene rings is 2. The summed E-state index contributed by atoms with van der Waals surface area (Å²) in [5.74, 6) is 0.801. The minimum absolute atomic E-state index is 0.801. The van der Waals surface area contributed by atoms with Gasteiger partial charge in [0.1, 0.15) is 0 Å². The van der Waals surface area contributed by atoms with Crippen molar-refractivity contribution in [3.63, 3.8) is 0 Å². The van der Waals surface area contributed by atoms with Gasteiger partial charge in [0.05, 0.1) is 11.9 Å². The number of nitrogens with one attached hydrogen (secondary N) is 1. The van der Waals surface area contributed by atoms with Crippen molar-refractivity contribution >= 4 is 16.5 Å². The Morgan fingerprint density at radius 3 is 2.68 bits per heavy atom. The van der Waals surface area contributed by atoms with Gasteiger partial charge in [-0.25, -0.2) is 0 Å². The van der Waals surface area contributed by atoms with Crippen LogP contribution in [-0.4, -0.2) is 31.7 Å². The van der Waals surface area contributed by atoms with Crippen molar-refractivity contribution in [1.82, 2.24) is 10.3 Å². The monoisotopic (exact) mass is 331 g/mol. The largest absolute Gasteiger partial charge is 0.370 e. The maximum absolute atomic E-state index is 4.54. The molecule has 3 nitrogen and oxygen atoms in total. The molecule has 0 spiro atoms. The van der Waals surface area contributed by atoms with Crippen molar-refractivity contribution in [3.8, 4) is 11.1 Å². The highest BCUT2D eigenvalue weighted by Gasteiger charge is 2.19. The van der Waals surface area contributed by atoms with Crippen LogP contribution in [0.1, 0.15) is 12.8 Å². The average molecular weight is 331 g/mol. The second-order valence-electron chi connectivity index (χ2n) is 6.95. The van der Waals surface area contributed by atoms with E-state index in [1.54, 1.807) is 0 Å². The highest BCUT2D eigenvalue weighted by atomic mass is 15.1. The third kappa shape index (κ3) is 3.38. The predicted octanol–water partition coefficient (Wildman–Crippen LogP) is 4.34. The molecule has 25 heavy (non-hydrogen) atoms. The minimum Gasteiger partial charge on any atom is -0.370 e. The number of aromatic nitrogens is 1. The molecule has 128 valence electrons. The first kappa shape index (κ1) is 16.1. The molecule has 1 aliphatic rings. The fourth-order valence-electron chi connectivity index (χ4n) is 3.91. The molecule has 0 amide bonds. The molecule has 2 aromatic carbocycles. The first-order valence-corrected chi connectivity index (χ1v) is 9.18. The van der Waals surface area contributed by atoms with Crippen LogP contribution in [0, 0.1) is 5.92 Å². The molecule has 0 bridgehead atoms. The molecule has 1 aliphatic heterocycles. The lowest BCUT2D eigenvalue weighted by Gasteiger charge is -2.33. The van der Waals surface area contributed by atoms with Crippen LogP contribution in [0.3, 0.4) is 0 Å². The first-order valence-electron chi connectivity index (χ1n) is 9.18. The van der Waals surface area contributed by atoms with Gasteiger partial charge >= 0.3 is 0 Å². The van der Waals surface area contributed by atoms with Crippen LogP contribution in [0.25, 0.3) is 21.9 Å². The Bertz CT molecular complexity index is 845. The van der Waals surface area contributed by atoms with Crippen LogP contribution in [0.5, 0.6) is 0 Å². The molecular weight excluding hydrogens is 306 g/mol. The molecule has 1 saturated heterocycles. The number of hydrogen-bond acceptors (Lipinski definition) is 3. The van der Waals surface area contributed by atoms with Gasteiger partial charge in [-0.1, -0.05) is 42.5 Å². The smallest absolute Gasteiger partial charge is 0.0558 e. The summed E-state index contributed by atoms with van der Waals surface area (Å²) in [6, 6.07) is 17.4. The van der Waals surface area contributed by atoms with Crippen LogP contribution in [0.4, 0.5) is 5.69 Å². The standard InChI is InChI=1S/C22H25N3/c1-23-14-17-9-11-25(12-10-17)20-13-19(15-24-16-20)22-8-4-6-18-5-2-3-7-21(18)22/h2-8,13,15-17,23H,9-12,14H2,1H3. The third-order valence-corrected chi connectivity index (χ3v) is 5.30. The van der Waals surface area contributed by atoms with Gasteiger partial charge < -0.3 is 10.2 Å². The predicted molar refractivity (Wildman–Crippen MR) is 106 cm³/mol. The summed E-state index contributed by atoms with van der Waals surface area (Å²) >= 11 is 0. The number of fused-ring (bicyclic) bond motifs is 1. The molecule has 2 heterocycles. The van der Waals surface area contributed by atoms with Gasteiger partial charge in [-0.2, -0.15) is 0 Å². The van der Waals surface area contributed by atoms with Crippen molar-refractivity contribution < 1.29 is 0 Å². The minimum atomic E-state index is 0.801. The van der Waals surface area contributed by atoms with Gasteiger partial charge in [-0.3, -0.25) is 4.98 Å². The lowest BCUT2D eigenvalue weighted by atomic mass is 9.96. The summed E-state index contributed by atoms with van der Waals surface area (Å²) in [4.78, 5) is 7.02. The molecule has 3 heteroatoms. The normalized spacial score (nSPS) is 15.6. The molecule has 0 unspecified atom stereocenters. The lowest BCUT2D eigenvalue weighted by molar-refractivity contribution is 0.393. The highest BCUT2D eigenvalue weighted by molar-refractivity contribution is 5.96. The van der Waals surface area contributed by atoms with Gasteiger partial charge in [0.15, 0.2) is 0 Å². The summed E-state index contributed by atoms with van der Waals surface area (Å²) < 4.78 is 0. The van der Waals surface area contributed by atoms with Crippen molar-refractivity contribution in [2.45, 2.75) is 12.8 Å². The van der Waals surface area contributed by atoms with E-state index in [1.807, 2.05) is 19.4 Å². The van der Waals surface area contributed by atoms with Crippen LogP contribution >= 0.6 is 0 Å². The number of piperidine rings is 1. The Morgan fingerprint density at radius 2 is 1.84 bits per heavy atom. The van der Waals surface area contributed by atoms with Crippen LogP contribution in [-0.2, 0) is 0 Å². The Balaban J connectivity index is 1.62.